The molecule has 1 saturated carbocycles. The number of ether oxygens (including phenoxy) is 1. The Morgan fingerprint density at radius 1 is 1.25 bits per heavy atom. The third kappa shape index (κ3) is 3.58. The molecule has 0 heterocycles. The van der Waals surface area contributed by atoms with E-state index in [0.717, 1.165) is 37.8 Å². The fourth-order valence-electron chi connectivity index (χ4n) is 2.73. The molecule has 1 aliphatic carbocycles. The van der Waals surface area contributed by atoms with Crippen LogP contribution in [0.15, 0.2) is 18.2 Å². The first-order valence-corrected chi connectivity index (χ1v) is 6.44. The Labute approximate surface area is 122 Å². The Morgan fingerprint density at radius 3 is 2.35 bits per heavy atom. The maximum Gasteiger partial charge on any atom is 0.416 e. The van der Waals surface area contributed by atoms with Crippen molar-refractivity contribution in [3.63, 3.8) is 0 Å². The monoisotopic (exact) mass is 309 g/mol. The van der Waals surface area contributed by atoms with Crippen LogP contribution in [0.1, 0.15) is 42.9 Å². The summed E-state index contributed by atoms with van der Waals surface area (Å²) >= 11 is 0. The van der Waals surface area contributed by atoms with E-state index in [2.05, 4.69) is 0 Å². The summed E-state index contributed by atoms with van der Waals surface area (Å²) in [4.78, 5) is 0. The van der Waals surface area contributed by atoms with E-state index in [0.29, 0.717) is 11.5 Å². The Kier molecular flexibility index (Phi) is 5.71. The molecule has 1 aromatic rings. The van der Waals surface area contributed by atoms with E-state index in [-0.39, 0.29) is 24.2 Å². The van der Waals surface area contributed by atoms with Crippen molar-refractivity contribution in [1.29, 1.82) is 0 Å². The van der Waals surface area contributed by atoms with Gasteiger partial charge in [-0.1, -0.05) is 18.9 Å². The number of hydrogen-bond donors (Lipinski definition) is 1. The third-order valence-corrected chi connectivity index (χ3v) is 3.83. The van der Waals surface area contributed by atoms with Crippen LogP contribution in [0.3, 0.4) is 0 Å². The zero-order valence-corrected chi connectivity index (χ0v) is 12.1. The average molecular weight is 310 g/mol. The van der Waals surface area contributed by atoms with Crippen molar-refractivity contribution in [2.24, 2.45) is 11.7 Å². The molecule has 0 aromatic heterocycles. The van der Waals surface area contributed by atoms with Gasteiger partial charge in [0.2, 0.25) is 0 Å². The molecule has 114 valence electrons. The lowest BCUT2D eigenvalue weighted by Gasteiger charge is -2.22. The van der Waals surface area contributed by atoms with Crippen molar-refractivity contribution >= 4 is 12.4 Å². The van der Waals surface area contributed by atoms with E-state index in [1.165, 1.54) is 13.2 Å². The van der Waals surface area contributed by atoms with Gasteiger partial charge in [0.1, 0.15) is 5.75 Å². The predicted octanol–water partition coefficient (Wildman–Crippen LogP) is 4.33. The molecule has 0 unspecified atom stereocenters. The number of halogens is 4. The van der Waals surface area contributed by atoms with Crippen LogP contribution in [0.5, 0.6) is 5.75 Å². The summed E-state index contributed by atoms with van der Waals surface area (Å²) in [6, 6.07) is 3.31. The Morgan fingerprint density at radius 2 is 1.85 bits per heavy atom. The van der Waals surface area contributed by atoms with Crippen molar-refractivity contribution in [2.75, 3.05) is 7.11 Å². The minimum atomic E-state index is -4.36. The van der Waals surface area contributed by atoms with Crippen molar-refractivity contribution in [1.82, 2.24) is 0 Å². The van der Waals surface area contributed by atoms with Crippen molar-refractivity contribution in [3.8, 4) is 5.75 Å². The zero-order valence-electron chi connectivity index (χ0n) is 11.2. The highest BCUT2D eigenvalue weighted by Gasteiger charge is 2.32. The molecule has 0 spiro atoms. The van der Waals surface area contributed by atoms with E-state index >= 15 is 0 Å². The molecule has 2 N–H and O–H groups in total. The van der Waals surface area contributed by atoms with Gasteiger partial charge >= 0.3 is 6.18 Å². The first-order valence-electron chi connectivity index (χ1n) is 6.44. The van der Waals surface area contributed by atoms with Crippen molar-refractivity contribution in [2.45, 2.75) is 37.9 Å². The van der Waals surface area contributed by atoms with Crippen LogP contribution in [-0.2, 0) is 6.18 Å². The quantitative estimate of drug-likeness (QED) is 0.902. The van der Waals surface area contributed by atoms with Gasteiger partial charge in [-0.2, -0.15) is 13.2 Å². The van der Waals surface area contributed by atoms with E-state index < -0.39 is 11.7 Å². The average Bonchev–Trinajstić information content (AvgIpc) is 2.90. The zero-order chi connectivity index (χ0) is 14.0. The van der Waals surface area contributed by atoms with E-state index in [1.807, 2.05) is 0 Å². The SMILES string of the molecule is COc1cc(C(F)(F)F)ccc1[C@@H](N)C1CCCC1.Cl. The number of nitrogens with two attached hydrogens (primary N) is 1. The van der Waals surface area contributed by atoms with Gasteiger partial charge in [-0.05, 0) is 30.9 Å². The molecule has 1 aliphatic rings. The van der Waals surface area contributed by atoms with E-state index in [9.17, 15) is 13.2 Å². The van der Waals surface area contributed by atoms with Crippen molar-refractivity contribution in [3.05, 3.63) is 29.3 Å². The van der Waals surface area contributed by atoms with Crippen LogP contribution < -0.4 is 10.5 Å². The fourth-order valence-corrected chi connectivity index (χ4v) is 2.73. The first kappa shape index (κ1) is 17.1. The van der Waals surface area contributed by atoms with Gasteiger partial charge in [0, 0.05) is 11.6 Å². The molecule has 1 fully saturated rings. The van der Waals surface area contributed by atoms with Gasteiger partial charge in [0.05, 0.1) is 12.7 Å². The van der Waals surface area contributed by atoms with Crippen LogP contribution in [0.4, 0.5) is 13.2 Å². The maximum atomic E-state index is 12.7. The molecular formula is C14H19ClF3NO. The van der Waals surface area contributed by atoms with Gasteiger partial charge in [-0.15, -0.1) is 12.4 Å². The maximum absolute atomic E-state index is 12.7. The summed E-state index contributed by atoms with van der Waals surface area (Å²) in [6.07, 6.45) is -0.0113. The van der Waals surface area contributed by atoms with Crippen LogP contribution >= 0.6 is 12.4 Å². The highest BCUT2D eigenvalue weighted by atomic mass is 35.5. The van der Waals surface area contributed by atoms with Crippen LogP contribution in [0.2, 0.25) is 0 Å². The molecule has 0 bridgehead atoms. The number of benzene rings is 1. The van der Waals surface area contributed by atoms with E-state index in [4.69, 9.17) is 10.5 Å². The molecule has 1 aromatic carbocycles. The Bertz CT molecular complexity index is 445. The first-order chi connectivity index (χ1) is 8.93. The number of methoxy groups -OCH3 is 1. The highest BCUT2D eigenvalue weighted by molar-refractivity contribution is 5.85. The second kappa shape index (κ2) is 6.68. The van der Waals surface area contributed by atoms with Gasteiger partial charge in [-0.25, -0.2) is 0 Å². The van der Waals surface area contributed by atoms with Crippen LogP contribution in [0.25, 0.3) is 0 Å². The number of rotatable bonds is 3. The molecule has 0 amide bonds. The van der Waals surface area contributed by atoms with Gasteiger partial charge < -0.3 is 10.5 Å². The second-order valence-corrected chi connectivity index (χ2v) is 5.02. The Balaban J connectivity index is 0.00000200. The van der Waals surface area contributed by atoms with E-state index in [1.54, 1.807) is 0 Å². The smallest absolute Gasteiger partial charge is 0.416 e. The molecule has 20 heavy (non-hydrogen) atoms. The molecule has 0 radical (unpaired) electrons. The molecule has 6 heteroatoms. The molecule has 2 rings (SSSR count). The molecule has 0 saturated heterocycles. The third-order valence-electron chi connectivity index (χ3n) is 3.83. The standard InChI is InChI=1S/C14H18F3NO.ClH/c1-19-12-8-10(14(15,16)17)6-7-11(12)13(18)9-4-2-3-5-9;/h6-9,13H,2-5,18H2,1H3;1H/t13-;/m0./s1. The Hall–Kier alpha value is -0.940. The molecule has 2 nitrogen and oxygen atoms in total. The van der Waals surface area contributed by atoms with Crippen LogP contribution in [-0.4, -0.2) is 7.11 Å². The summed E-state index contributed by atoms with van der Waals surface area (Å²) in [5.41, 5.74) is 6.14. The summed E-state index contributed by atoms with van der Waals surface area (Å²) in [6.45, 7) is 0. The summed E-state index contributed by atoms with van der Waals surface area (Å²) in [7, 11) is 1.38. The summed E-state index contributed by atoms with van der Waals surface area (Å²) in [5, 5.41) is 0. The van der Waals surface area contributed by atoms with Gasteiger partial charge in [0.25, 0.3) is 0 Å². The predicted molar refractivity (Wildman–Crippen MR) is 74.1 cm³/mol. The number of alkyl halides is 3. The lowest BCUT2D eigenvalue weighted by atomic mass is 9.91. The molecule has 0 aliphatic heterocycles. The van der Waals surface area contributed by atoms with Crippen molar-refractivity contribution < 1.29 is 17.9 Å². The molecule has 1 atom stereocenters. The normalized spacial score (nSPS) is 17.6. The van der Waals surface area contributed by atoms with Crippen LogP contribution in [0, 0.1) is 5.92 Å². The summed E-state index contributed by atoms with van der Waals surface area (Å²) < 4.78 is 43.0. The highest BCUT2D eigenvalue weighted by Crippen LogP contribution is 2.39. The fraction of sp³-hybridized carbons (Fsp3) is 0.571. The van der Waals surface area contributed by atoms with Gasteiger partial charge in [-0.3, -0.25) is 0 Å². The molecular weight excluding hydrogens is 291 g/mol. The minimum Gasteiger partial charge on any atom is -0.496 e. The lowest BCUT2D eigenvalue weighted by Crippen LogP contribution is -2.20. The topological polar surface area (TPSA) is 35.2 Å². The second-order valence-electron chi connectivity index (χ2n) is 5.02. The summed E-state index contributed by atoms with van der Waals surface area (Å²) in [5.74, 6) is 0.569. The number of hydrogen-bond acceptors (Lipinski definition) is 2. The lowest BCUT2D eigenvalue weighted by molar-refractivity contribution is -0.137. The van der Waals surface area contributed by atoms with Gasteiger partial charge in [0.15, 0.2) is 0 Å². The minimum absolute atomic E-state index is 0. The largest absolute Gasteiger partial charge is 0.496 e.